The van der Waals surface area contributed by atoms with Crippen LogP contribution >= 0.6 is 52.6 Å². The highest BCUT2D eigenvalue weighted by molar-refractivity contribution is 8.76. The largest absolute Gasteiger partial charge is 0.480 e. The summed E-state index contributed by atoms with van der Waals surface area (Å²) in [4.78, 5) is 131. The van der Waals surface area contributed by atoms with Gasteiger partial charge in [-0.3, -0.25) is 38.6 Å². The minimum atomic E-state index is -1.64. The van der Waals surface area contributed by atoms with Crippen LogP contribution in [-0.2, 0) is 52.7 Å². The molecule has 5 amide bonds. The van der Waals surface area contributed by atoms with E-state index in [1.54, 1.807) is 43.2 Å². The quantitative estimate of drug-likeness (QED) is 0.00918. The van der Waals surface area contributed by atoms with Crippen molar-refractivity contribution in [1.82, 2.24) is 31.7 Å². The Labute approximate surface area is 517 Å². The maximum atomic E-state index is 12.6. The molecule has 25 nitrogen and oxygen atoms in total. The second-order valence-electron chi connectivity index (χ2n) is 16.8. The molecule has 0 saturated carbocycles. The maximum absolute atomic E-state index is 12.6. The van der Waals surface area contributed by atoms with Crippen LogP contribution in [0.1, 0.15) is 202 Å². The third-order valence-electron chi connectivity index (χ3n) is 10.7. The highest BCUT2D eigenvalue weighted by atomic mass is 33.1. The van der Waals surface area contributed by atoms with E-state index in [4.69, 9.17) is 15.4 Å². The van der Waals surface area contributed by atoms with E-state index in [2.05, 4.69) is 85.8 Å². The van der Waals surface area contributed by atoms with Crippen molar-refractivity contribution < 1.29 is 93.3 Å². The molecule has 0 spiro atoms. The molecule has 0 aromatic heterocycles. The van der Waals surface area contributed by atoms with Crippen molar-refractivity contribution in [3.63, 3.8) is 0 Å². The van der Waals surface area contributed by atoms with Gasteiger partial charge in [-0.1, -0.05) is 158 Å². The minimum absolute atomic E-state index is 0. The molecule has 4 unspecified atom stereocenters. The zero-order valence-corrected chi connectivity index (χ0v) is 56.1. The number of hydrogen-bond donors (Lipinski definition) is 14. The molecule has 31 heteroatoms. The van der Waals surface area contributed by atoms with Crippen molar-refractivity contribution in [2.45, 2.75) is 232 Å². The van der Waals surface area contributed by atoms with Gasteiger partial charge < -0.3 is 67.2 Å². The van der Waals surface area contributed by atoms with Gasteiger partial charge in [0.2, 0.25) is 29.5 Å². The van der Waals surface area contributed by atoms with Crippen LogP contribution in [0.2, 0.25) is 0 Å². The molecule has 0 fully saturated rings. The number of nitrogens with one attached hydrogen (secondary N) is 6. The number of amides is 5. The fraction of sp³-hybridized carbons (Fsp3) is 0.792. The van der Waals surface area contributed by atoms with E-state index >= 15 is 0 Å². The number of aldehydes is 1. The summed E-state index contributed by atoms with van der Waals surface area (Å²) in [6.45, 7) is 12.6. The number of carboxylic acid groups (broad SMARTS) is 5. The van der Waals surface area contributed by atoms with Gasteiger partial charge in [-0.15, -0.1) is 0 Å². The summed E-state index contributed by atoms with van der Waals surface area (Å²) in [5.74, 6) is -7.13. The molecule has 0 radical (unpaired) electrons. The molecule has 0 heterocycles. The smallest absolute Gasteiger partial charge is 0.326 e. The molecule has 0 bridgehead atoms. The summed E-state index contributed by atoms with van der Waals surface area (Å²) in [6.07, 6.45) is 19.9. The molecule has 0 aliphatic heterocycles. The number of aliphatic hydroxyl groups is 1. The molecule has 0 aliphatic carbocycles. The highest BCUT2D eigenvalue weighted by Crippen LogP contribution is 2.13. The monoisotopic (exact) mass is 1310 g/mol. The van der Waals surface area contributed by atoms with Gasteiger partial charge in [0.05, 0.1) is 0 Å². The lowest BCUT2D eigenvalue weighted by Crippen LogP contribution is -2.45. The molecule has 500 valence electrons. The van der Waals surface area contributed by atoms with E-state index in [0.717, 1.165) is 71.2 Å². The van der Waals surface area contributed by atoms with Crippen molar-refractivity contribution in [3.8, 4) is 0 Å². The number of carboxylic acids is 5. The first kappa shape index (κ1) is 99.0. The fourth-order valence-electron chi connectivity index (χ4n) is 6.19. The Morgan fingerprint density at radius 3 is 0.929 bits per heavy atom. The van der Waals surface area contributed by atoms with Gasteiger partial charge in [0, 0.05) is 52.2 Å². The fourth-order valence-corrected chi connectivity index (χ4v) is 6.50. The molecular weight excluding hydrogens is 1200 g/mol. The van der Waals surface area contributed by atoms with Crippen molar-refractivity contribution >= 4 is 118 Å². The second kappa shape index (κ2) is 79.0. The molecule has 0 aliphatic rings. The Bertz CT molecular complexity index is 1630. The molecule has 0 aromatic carbocycles. The Balaban J connectivity index is -0.000000334. The first-order chi connectivity index (χ1) is 39.6. The lowest BCUT2D eigenvalue weighted by atomic mass is 10.0. The van der Waals surface area contributed by atoms with E-state index in [9.17, 15) is 73.2 Å². The van der Waals surface area contributed by atoms with Crippen LogP contribution in [-0.4, -0.2) is 170 Å². The third kappa shape index (κ3) is 74.1. The topological polar surface area (TPSA) is 428 Å². The van der Waals surface area contributed by atoms with Gasteiger partial charge in [-0.25, -0.2) is 25.1 Å². The number of rotatable bonds is 43. The predicted molar refractivity (Wildman–Crippen MR) is 342 cm³/mol. The molecule has 0 rings (SSSR count). The maximum Gasteiger partial charge on any atom is 0.326 e. The highest BCUT2D eigenvalue weighted by Gasteiger charge is 2.27. The Hall–Kier alpha value is -4.03. The van der Waals surface area contributed by atoms with Crippen molar-refractivity contribution in [2.75, 3.05) is 38.7 Å². The lowest BCUT2D eigenvalue weighted by Gasteiger charge is -2.18. The average molecular weight is 1310 g/mol. The SMILES string of the molecule is CC.CC.CCCC.CO.CSSC.CSSC.F.NO.O=CCCCCCCCCCCCCC(=O)N[C@@H](CCC(=O)NC(CCC(=O)N[C@@H](CCC(=O)NC(CCC(=O)NCCCCC(NP)C(=O)O)C(=O)O)C(=O)O)C(=O)O)C(=O)O. The third-order valence-corrected chi connectivity index (χ3v) is 13.8. The normalized spacial score (nSPS) is 11.3. The Morgan fingerprint density at radius 1 is 0.417 bits per heavy atom. The van der Waals surface area contributed by atoms with Crippen molar-refractivity contribution in [3.05, 3.63) is 0 Å². The summed E-state index contributed by atoms with van der Waals surface area (Å²) in [5.41, 5.74) is 0. The molecule has 0 aromatic rings. The predicted octanol–water partition coefficient (Wildman–Crippen LogP) is 7.59. The van der Waals surface area contributed by atoms with Crippen LogP contribution in [0.4, 0.5) is 4.70 Å². The number of carbonyl (C=O) groups excluding carboxylic acids is 6. The lowest BCUT2D eigenvalue weighted by molar-refractivity contribution is -0.144. The Kier molecular flexibility index (Phi) is 93.1. The standard InChI is InChI=1S/C40H67N6O16P.C4H10.2C2H6S2.2C2H6.CH4O.FH.H3NO/c47-25-13-9-7-5-3-1-2-4-6-8-10-15-32(49)42-27(37(55)56)17-21-34(51)44-29(39(59)60)19-23-35(52)45-28(38(57)58)18-22-33(50)43-26(36(53)54)16-20-31(48)41-24-12-11-14-30(46-63)40(61)62;3*1-3-4-2;3*1-2;;1-2/h25-30,46H,1-24,63H2,(H,41,48)(H,42,49)(H,43,50)(H,44,51)(H,45,52)(H,53,54)(H,55,56)(H,57,58)(H,59,60)(H,61,62);3-4H2,1-2H3;2*1-2H3;2*1-2H3;2H,1H3;1H;2H,1H2/t26?,27-,28-,29?,30?;;;;;;;;/m0......../s1. The van der Waals surface area contributed by atoms with Crippen LogP contribution < -0.4 is 37.6 Å². The van der Waals surface area contributed by atoms with E-state index in [1.807, 2.05) is 27.7 Å². The van der Waals surface area contributed by atoms with E-state index < -0.39 is 122 Å². The van der Waals surface area contributed by atoms with Gasteiger partial charge in [-0.2, -0.15) is 0 Å². The number of aliphatic carboxylic acids is 5. The van der Waals surface area contributed by atoms with Crippen molar-refractivity contribution in [2.24, 2.45) is 5.90 Å². The number of nitrogens with two attached hydrogens (primary N) is 1. The number of carbonyl (C=O) groups is 11. The van der Waals surface area contributed by atoms with Crippen LogP contribution in [0.25, 0.3) is 0 Å². The summed E-state index contributed by atoms with van der Waals surface area (Å²) < 4.78 is 0. The zero-order chi connectivity index (χ0) is 65.8. The zero-order valence-electron chi connectivity index (χ0n) is 51.7. The van der Waals surface area contributed by atoms with Crippen LogP contribution in [0, 0.1) is 0 Å². The minimum Gasteiger partial charge on any atom is -0.480 e. The number of unbranched alkanes of at least 4 members (excludes halogenated alkanes) is 12. The number of halogens is 1. The Morgan fingerprint density at radius 2 is 0.679 bits per heavy atom. The molecule has 15 N–H and O–H groups in total. The summed E-state index contributed by atoms with van der Waals surface area (Å²) in [7, 11) is 10.2. The van der Waals surface area contributed by atoms with Gasteiger partial charge in [0.1, 0.15) is 36.5 Å². The first-order valence-corrected chi connectivity index (χ1v) is 34.5. The first-order valence-electron chi connectivity index (χ1n) is 28.0. The van der Waals surface area contributed by atoms with E-state index in [1.165, 1.54) is 12.8 Å². The average Bonchev–Trinajstić information content (AvgIpc) is 3.50. The molecular formula is C53H109FN7O18PS4. The molecule has 0 saturated heterocycles. The van der Waals surface area contributed by atoms with Gasteiger partial charge in [-0.05, 0) is 82.8 Å². The molecule has 6 atom stereocenters. The van der Waals surface area contributed by atoms with E-state index in [0.29, 0.717) is 32.1 Å². The van der Waals surface area contributed by atoms with Gasteiger partial charge in [0.15, 0.2) is 0 Å². The second-order valence-corrected chi connectivity index (χ2v) is 22.5. The number of aliphatic hydroxyl groups excluding tert-OH is 1. The van der Waals surface area contributed by atoms with Crippen LogP contribution in [0.5, 0.6) is 0 Å². The van der Waals surface area contributed by atoms with Crippen LogP contribution in [0.15, 0.2) is 0 Å². The van der Waals surface area contributed by atoms with Gasteiger partial charge >= 0.3 is 29.8 Å². The van der Waals surface area contributed by atoms with Crippen LogP contribution in [0.3, 0.4) is 0 Å². The number of hydrogen-bond acceptors (Lipinski definition) is 19. The van der Waals surface area contributed by atoms with Crippen molar-refractivity contribution in [1.29, 1.82) is 0 Å². The van der Waals surface area contributed by atoms with E-state index in [-0.39, 0.29) is 36.9 Å². The summed E-state index contributed by atoms with van der Waals surface area (Å²) in [6, 6.07) is -6.92. The molecule has 84 heavy (non-hydrogen) atoms. The summed E-state index contributed by atoms with van der Waals surface area (Å²) in [5, 5.41) is 74.8. The van der Waals surface area contributed by atoms with Gasteiger partial charge in [0.25, 0.3) is 0 Å². The summed E-state index contributed by atoms with van der Waals surface area (Å²) >= 11 is 0.